The molecule has 0 saturated carbocycles. The number of carbonyl (C=O) groups is 1. The van der Waals surface area contributed by atoms with Crippen molar-refractivity contribution < 1.29 is 9.53 Å². The summed E-state index contributed by atoms with van der Waals surface area (Å²) in [5.74, 6) is -0.0610. The lowest BCUT2D eigenvalue weighted by Crippen LogP contribution is -2.03. The maximum atomic E-state index is 10.9. The van der Waals surface area contributed by atoms with Crippen molar-refractivity contribution in [1.29, 1.82) is 0 Å². The summed E-state index contributed by atoms with van der Waals surface area (Å²) in [6.45, 7) is 1.81. The fraction of sp³-hybridized carbons (Fsp3) is 0.375. The molecular formula is C8H9ClN2O2S. The number of methoxy groups -OCH3 is 1. The largest absolute Gasteiger partial charge is 0.468 e. The van der Waals surface area contributed by atoms with Crippen LogP contribution in [0.5, 0.6) is 0 Å². The summed E-state index contributed by atoms with van der Waals surface area (Å²) in [5.41, 5.74) is 0.781. The molecule has 14 heavy (non-hydrogen) atoms. The standard InChI is InChI=1S/C8H9ClN2O2S/c1-5-7(9)10-4-11-8(5)14-3-6(12)13-2/h4H,3H2,1-2H3. The van der Waals surface area contributed by atoms with E-state index >= 15 is 0 Å². The molecule has 4 nitrogen and oxygen atoms in total. The van der Waals surface area contributed by atoms with Crippen molar-refractivity contribution in [2.75, 3.05) is 12.9 Å². The molecule has 0 aromatic carbocycles. The number of thioether (sulfide) groups is 1. The van der Waals surface area contributed by atoms with Crippen molar-refractivity contribution in [2.45, 2.75) is 11.9 Å². The predicted molar refractivity (Wildman–Crippen MR) is 54.5 cm³/mol. The summed E-state index contributed by atoms with van der Waals surface area (Å²) in [5, 5.41) is 1.11. The van der Waals surface area contributed by atoms with Crippen LogP contribution < -0.4 is 0 Å². The first kappa shape index (κ1) is 11.3. The van der Waals surface area contributed by atoms with Crippen LogP contribution in [0.15, 0.2) is 11.4 Å². The maximum absolute atomic E-state index is 10.9. The quantitative estimate of drug-likeness (QED) is 0.451. The molecule has 0 spiro atoms. The molecule has 1 aromatic rings. The minimum Gasteiger partial charge on any atom is -0.468 e. The van der Waals surface area contributed by atoms with Gasteiger partial charge in [-0.15, -0.1) is 0 Å². The van der Waals surface area contributed by atoms with Crippen LogP contribution in [0, 0.1) is 6.92 Å². The lowest BCUT2D eigenvalue weighted by molar-refractivity contribution is -0.137. The monoisotopic (exact) mass is 232 g/mol. The van der Waals surface area contributed by atoms with Gasteiger partial charge in [0, 0.05) is 5.56 Å². The summed E-state index contributed by atoms with van der Waals surface area (Å²) in [6.07, 6.45) is 1.37. The molecular weight excluding hydrogens is 224 g/mol. The fourth-order valence-corrected chi connectivity index (χ4v) is 1.74. The fourth-order valence-electron chi connectivity index (χ4n) is 0.746. The van der Waals surface area contributed by atoms with Crippen molar-refractivity contribution >= 4 is 29.3 Å². The van der Waals surface area contributed by atoms with E-state index in [2.05, 4.69) is 14.7 Å². The third-order valence-electron chi connectivity index (χ3n) is 1.53. The van der Waals surface area contributed by atoms with Gasteiger partial charge in [-0.3, -0.25) is 4.79 Å². The Bertz CT molecular complexity index is 346. The zero-order valence-electron chi connectivity index (χ0n) is 7.78. The van der Waals surface area contributed by atoms with E-state index in [-0.39, 0.29) is 11.7 Å². The van der Waals surface area contributed by atoms with Crippen LogP contribution in [-0.4, -0.2) is 28.8 Å². The Hall–Kier alpha value is -0.810. The number of hydrogen-bond donors (Lipinski definition) is 0. The Morgan fingerprint density at radius 2 is 2.36 bits per heavy atom. The first-order chi connectivity index (χ1) is 6.65. The maximum Gasteiger partial charge on any atom is 0.316 e. The van der Waals surface area contributed by atoms with Crippen LogP contribution in [-0.2, 0) is 9.53 Å². The van der Waals surface area contributed by atoms with Gasteiger partial charge >= 0.3 is 5.97 Å². The van der Waals surface area contributed by atoms with E-state index in [1.165, 1.54) is 25.2 Å². The number of rotatable bonds is 3. The van der Waals surface area contributed by atoms with Gasteiger partial charge in [-0.1, -0.05) is 23.4 Å². The SMILES string of the molecule is COC(=O)CSc1ncnc(Cl)c1C. The van der Waals surface area contributed by atoms with Crippen molar-refractivity contribution in [2.24, 2.45) is 0 Å². The smallest absolute Gasteiger partial charge is 0.316 e. The first-order valence-corrected chi connectivity index (χ1v) is 5.18. The van der Waals surface area contributed by atoms with Gasteiger partial charge in [0.25, 0.3) is 0 Å². The molecule has 0 saturated heterocycles. The highest BCUT2D eigenvalue weighted by Crippen LogP contribution is 2.23. The average molecular weight is 233 g/mol. The van der Waals surface area contributed by atoms with Gasteiger partial charge in [0.1, 0.15) is 16.5 Å². The number of ether oxygens (including phenoxy) is 1. The summed E-state index contributed by atoms with van der Waals surface area (Å²) in [6, 6.07) is 0. The molecule has 0 aliphatic heterocycles. The highest BCUT2D eigenvalue weighted by Gasteiger charge is 2.08. The molecule has 6 heteroatoms. The summed E-state index contributed by atoms with van der Waals surface area (Å²) < 4.78 is 4.51. The minimum absolute atomic E-state index is 0.227. The molecule has 0 N–H and O–H groups in total. The molecule has 1 rings (SSSR count). The molecule has 0 aliphatic carbocycles. The van der Waals surface area contributed by atoms with Crippen molar-refractivity contribution in [3.05, 3.63) is 17.0 Å². The van der Waals surface area contributed by atoms with Gasteiger partial charge in [-0.2, -0.15) is 0 Å². The van der Waals surface area contributed by atoms with Crippen LogP contribution in [0.25, 0.3) is 0 Å². The van der Waals surface area contributed by atoms with Crippen LogP contribution >= 0.6 is 23.4 Å². The van der Waals surface area contributed by atoms with Gasteiger partial charge in [0.15, 0.2) is 0 Å². The molecule has 0 fully saturated rings. The molecule has 1 heterocycles. The lowest BCUT2D eigenvalue weighted by atomic mass is 10.4. The number of carbonyl (C=O) groups excluding carboxylic acids is 1. The van der Waals surface area contributed by atoms with E-state index in [0.29, 0.717) is 10.2 Å². The third-order valence-corrected chi connectivity index (χ3v) is 2.98. The first-order valence-electron chi connectivity index (χ1n) is 3.82. The van der Waals surface area contributed by atoms with Crippen LogP contribution in [0.4, 0.5) is 0 Å². The van der Waals surface area contributed by atoms with E-state index in [1.807, 2.05) is 6.92 Å². The van der Waals surface area contributed by atoms with Gasteiger partial charge in [0.05, 0.1) is 12.9 Å². The van der Waals surface area contributed by atoms with E-state index < -0.39 is 0 Å². The number of hydrogen-bond acceptors (Lipinski definition) is 5. The number of nitrogens with zero attached hydrogens (tertiary/aromatic N) is 2. The van der Waals surface area contributed by atoms with Crippen molar-refractivity contribution in [3.8, 4) is 0 Å². The molecule has 0 atom stereocenters. The number of halogens is 1. The Morgan fingerprint density at radius 3 is 3.00 bits per heavy atom. The Balaban J connectivity index is 2.68. The molecule has 0 unspecified atom stereocenters. The van der Waals surface area contributed by atoms with E-state index in [4.69, 9.17) is 11.6 Å². The Morgan fingerprint density at radius 1 is 1.64 bits per heavy atom. The molecule has 0 aliphatic rings. The van der Waals surface area contributed by atoms with Crippen LogP contribution in [0.1, 0.15) is 5.56 Å². The minimum atomic E-state index is -0.288. The van der Waals surface area contributed by atoms with E-state index in [0.717, 1.165) is 5.56 Å². The summed E-state index contributed by atoms with van der Waals surface area (Å²) in [4.78, 5) is 18.7. The van der Waals surface area contributed by atoms with Crippen molar-refractivity contribution in [3.63, 3.8) is 0 Å². The third kappa shape index (κ3) is 2.85. The Labute approximate surface area is 91.0 Å². The van der Waals surface area contributed by atoms with Crippen molar-refractivity contribution in [1.82, 2.24) is 9.97 Å². The van der Waals surface area contributed by atoms with Crippen LogP contribution in [0.3, 0.4) is 0 Å². The second-order valence-corrected chi connectivity index (χ2v) is 3.78. The normalized spacial score (nSPS) is 9.93. The van der Waals surface area contributed by atoms with Crippen LogP contribution in [0.2, 0.25) is 5.15 Å². The zero-order chi connectivity index (χ0) is 10.6. The average Bonchev–Trinajstić information content (AvgIpc) is 2.20. The second-order valence-electron chi connectivity index (χ2n) is 2.46. The predicted octanol–water partition coefficient (Wildman–Crippen LogP) is 1.70. The van der Waals surface area contributed by atoms with E-state index in [9.17, 15) is 4.79 Å². The lowest BCUT2D eigenvalue weighted by Gasteiger charge is -2.03. The topological polar surface area (TPSA) is 52.1 Å². The van der Waals surface area contributed by atoms with Gasteiger partial charge in [-0.25, -0.2) is 9.97 Å². The molecule has 0 amide bonds. The molecule has 0 bridgehead atoms. The molecule has 76 valence electrons. The highest BCUT2D eigenvalue weighted by atomic mass is 35.5. The van der Waals surface area contributed by atoms with E-state index in [1.54, 1.807) is 0 Å². The number of esters is 1. The highest BCUT2D eigenvalue weighted by molar-refractivity contribution is 7.99. The van der Waals surface area contributed by atoms with Gasteiger partial charge < -0.3 is 4.74 Å². The Kier molecular flexibility index (Phi) is 4.16. The van der Waals surface area contributed by atoms with Gasteiger partial charge in [0.2, 0.25) is 0 Å². The summed E-state index contributed by atoms with van der Waals surface area (Å²) in [7, 11) is 1.35. The second kappa shape index (κ2) is 5.17. The number of aromatic nitrogens is 2. The molecule has 1 aromatic heterocycles. The zero-order valence-corrected chi connectivity index (χ0v) is 9.35. The molecule has 0 radical (unpaired) electrons. The summed E-state index contributed by atoms with van der Waals surface area (Å²) >= 11 is 7.07. The van der Waals surface area contributed by atoms with Gasteiger partial charge in [-0.05, 0) is 6.92 Å².